The summed E-state index contributed by atoms with van der Waals surface area (Å²) in [6.45, 7) is 1.28. The fraction of sp³-hybridized carbons (Fsp3) is 0.333. The van der Waals surface area contributed by atoms with Crippen molar-refractivity contribution >= 4 is 16.8 Å². The molecule has 3 aromatic rings. The van der Waals surface area contributed by atoms with Gasteiger partial charge < -0.3 is 9.88 Å². The van der Waals surface area contributed by atoms with E-state index >= 15 is 0 Å². The fourth-order valence-corrected chi connectivity index (χ4v) is 3.47. The number of halogens is 1. The van der Waals surface area contributed by atoms with Gasteiger partial charge in [0.2, 0.25) is 5.91 Å². The minimum atomic E-state index is -0.253. The number of aromatic amines is 1. The molecule has 4 rings (SSSR count). The molecule has 6 heteroatoms. The van der Waals surface area contributed by atoms with Gasteiger partial charge in [0.25, 0.3) is 0 Å². The number of hydrogen-bond acceptors (Lipinski definition) is 2. The third-order valence-corrected chi connectivity index (χ3v) is 4.72. The van der Waals surface area contributed by atoms with Crippen molar-refractivity contribution in [3.05, 3.63) is 53.7 Å². The molecule has 3 heterocycles. The third-order valence-electron chi connectivity index (χ3n) is 4.72. The molecule has 1 amide bonds. The first-order valence-electron chi connectivity index (χ1n) is 8.13. The van der Waals surface area contributed by atoms with E-state index < -0.39 is 0 Å². The third kappa shape index (κ3) is 2.68. The Morgan fingerprint density at radius 3 is 3.17 bits per heavy atom. The molecule has 5 nitrogen and oxygen atoms in total. The van der Waals surface area contributed by atoms with Gasteiger partial charge in [0, 0.05) is 54.4 Å². The second-order valence-electron chi connectivity index (χ2n) is 6.46. The standard InChI is InChI=1S/C18H19FN4O/c1-22(11-15-9-13-8-14(19)2-3-17(13)21-15)18(24)12-5-7-23-16(10-12)4-6-20-23/h2-4,6,8-9,12,21H,5,7,10-11H2,1H3. The Morgan fingerprint density at radius 1 is 1.42 bits per heavy atom. The lowest BCUT2D eigenvalue weighted by Gasteiger charge is -2.27. The van der Waals surface area contributed by atoms with Gasteiger partial charge in [0.1, 0.15) is 5.82 Å². The molecule has 1 unspecified atom stereocenters. The van der Waals surface area contributed by atoms with Crippen LogP contribution in [0.5, 0.6) is 0 Å². The van der Waals surface area contributed by atoms with Gasteiger partial charge in [-0.3, -0.25) is 9.48 Å². The molecule has 0 aliphatic carbocycles. The molecule has 0 spiro atoms. The van der Waals surface area contributed by atoms with E-state index in [1.807, 2.05) is 23.9 Å². The van der Waals surface area contributed by atoms with Crippen LogP contribution in [0.15, 0.2) is 36.5 Å². The van der Waals surface area contributed by atoms with E-state index in [1.54, 1.807) is 17.2 Å². The maximum absolute atomic E-state index is 13.3. The molecule has 0 saturated heterocycles. The van der Waals surface area contributed by atoms with Crippen molar-refractivity contribution in [3.8, 4) is 0 Å². The Kier molecular flexibility index (Phi) is 3.59. The molecule has 124 valence electrons. The average Bonchev–Trinajstić information content (AvgIpc) is 3.18. The molecule has 24 heavy (non-hydrogen) atoms. The van der Waals surface area contributed by atoms with Gasteiger partial charge in [-0.25, -0.2) is 4.39 Å². The Hall–Kier alpha value is -2.63. The highest BCUT2D eigenvalue weighted by Gasteiger charge is 2.27. The number of rotatable bonds is 3. The summed E-state index contributed by atoms with van der Waals surface area (Å²) in [5.41, 5.74) is 2.91. The Morgan fingerprint density at radius 2 is 2.29 bits per heavy atom. The minimum Gasteiger partial charge on any atom is -0.357 e. The maximum atomic E-state index is 13.3. The van der Waals surface area contributed by atoms with Gasteiger partial charge in [-0.05, 0) is 36.8 Å². The number of aromatic nitrogens is 3. The number of fused-ring (bicyclic) bond motifs is 2. The first-order chi connectivity index (χ1) is 11.6. The molecule has 0 fully saturated rings. The van der Waals surface area contributed by atoms with Crippen LogP contribution in [0, 0.1) is 11.7 Å². The first-order valence-corrected chi connectivity index (χ1v) is 8.13. The summed E-state index contributed by atoms with van der Waals surface area (Å²) in [4.78, 5) is 17.7. The first kappa shape index (κ1) is 14.9. The van der Waals surface area contributed by atoms with Gasteiger partial charge in [-0.2, -0.15) is 5.10 Å². The van der Waals surface area contributed by atoms with Crippen molar-refractivity contribution < 1.29 is 9.18 Å². The summed E-state index contributed by atoms with van der Waals surface area (Å²) < 4.78 is 15.3. The lowest BCUT2D eigenvalue weighted by molar-refractivity contribution is -0.135. The number of carbonyl (C=O) groups excluding carboxylic acids is 1. The number of carbonyl (C=O) groups is 1. The van der Waals surface area contributed by atoms with Crippen molar-refractivity contribution in [2.75, 3.05) is 7.05 Å². The van der Waals surface area contributed by atoms with Gasteiger partial charge in [-0.1, -0.05) is 0 Å². The van der Waals surface area contributed by atoms with Crippen molar-refractivity contribution in [2.24, 2.45) is 5.92 Å². The summed E-state index contributed by atoms with van der Waals surface area (Å²) in [6, 6.07) is 8.53. The number of H-pyrrole nitrogens is 1. The van der Waals surface area contributed by atoms with Gasteiger partial charge in [0.15, 0.2) is 0 Å². The van der Waals surface area contributed by atoms with E-state index in [2.05, 4.69) is 10.1 Å². The predicted molar refractivity (Wildman–Crippen MR) is 88.8 cm³/mol. The lowest BCUT2D eigenvalue weighted by Crippen LogP contribution is -2.36. The summed E-state index contributed by atoms with van der Waals surface area (Å²) in [5.74, 6) is -0.107. The van der Waals surface area contributed by atoms with Crippen molar-refractivity contribution in [2.45, 2.75) is 25.9 Å². The SMILES string of the molecule is CN(Cc1cc2cc(F)ccc2[nH]1)C(=O)C1CCn2nccc2C1. The zero-order valence-corrected chi connectivity index (χ0v) is 13.5. The molecule has 1 aliphatic heterocycles. The van der Waals surface area contributed by atoms with Crippen LogP contribution in [0.2, 0.25) is 0 Å². The van der Waals surface area contributed by atoms with Crippen LogP contribution in [-0.2, 0) is 24.3 Å². The van der Waals surface area contributed by atoms with Gasteiger partial charge in [0.05, 0.1) is 6.54 Å². The molecule has 0 bridgehead atoms. The van der Waals surface area contributed by atoms with E-state index in [1.165, 1.54) is 12.1 Å². The van der Waals surface area contributed by atoms with Crippen molar-refractivity contribution in [1.29, 1.82) is 0 Å². The Balaban J connectivity index is 1.47. The molecule has 0 saturated carbocycles. The van der Waals surface area contributed by atoms with Gasteiger partial charge in [-0.15, -0.1) is 0 Å². The largest absolute Gasteiger partial charge is 0.357 e. The highest BCUT2D eigenvalue weighted by Crippen LogP contribution is 2.23. The molecule has 0 radical (unpaired) electrons. The topological polar surface area (TPSA) is 53.9 Å². The number of aryl methyl sites for hydroxylation is 1. The van der Waals surface area contributed by atoms with E-state index in [-0.39, 0.29) is 17.6 Å². The Bertz CT molecular complexity index is 897. The number of amides is 1. The second-order valence-corrected chi connectivity index (χ2v) is 6.46. The molecular formula is C18H19FN4O. The number of hydrogen-bond donors (Lipinski definition) is 1. The molecule has 1 aliphatic rings. The zero-order valence-electron chi connectivity index (χ0n) is 13.5. The monoisotopic (exact) mass is 326 g/mol. The summed E-state index contributed by atoms with van der Waals surface area (Å²) >= 11 is 0. The average molecular weight is 326 g/mol. The van der Waals surface area contributed by atoms with E-state index in [9.17, 15) is 9.18 Å². The van der Waals surface area contributed by atoms with E-state index in [0.717, 1.165) is 41.7 Å². The smallest absolute Gasteiger partial charge is 0.226 e. The number of nitrogens with one attached hydrogen (secondary N) is 1. The minimum absolute atomic E-state index is 0.000947. The molecule has 2 aromatic heterocycles. The zero-order chi connectivity index (χ0) is 16.7. The van der Waals surface area contributed by atoms with Crippen LogP contribution in [0.25, 0.3) is 10.9 Å². The fourth-order valence-electron chi connectivity index (χ4n) is 3.47. The normalized spacial score (nSPS) is 17.0. The molecule has 1 atom stereocenters. The lowest BCUT2D eigenvalue weighted by atomic mass is 9.95. The summed E-state index contributed by atoms with van der Waals surface area (Å²) in [7, 11) is 1.82. The molecule has 1 aromatic carbocycles. The Labute approximate surface area is 139 Å². The number of benzene rings is 1. The van der Waals surface area contributed by atoms with Crippen LogP contribution >= 0.6 is 0 Å². The van der Waals surface area contributed by atoms with Gasteiger partial charge >= 0.3 is 0 Å². The van der Waals surface area contributed by atoms with E-state index in [4.69, 9.17) is 0 Å². The molecular weight excluding hydrogens is 307 g/mol. The van der Waals surface area contributed by atoms with Crippen LogP contribution < -0.4 is 0 Å². The van der Waals surface area contributed by atoms with Crippen LogP contribution in [0.3, 0.4) is 0 Å². The van der Waals surface area contributed by atoms with Crippen molar-refractivity contribution in [3.63, 3.8) is 0 Å². The van der Waals surface area contributed by atoms with Crippen LogP contribution in [0.1, 0.15) is 17.8 Å². The predicted octanol–water partition coefficient (Wildman–Crippen LogP) is 2.72. The highest BCUT2D eigenvalue weighted by molar-refractivity contribution is 5.81. The van der Waals surface area contributed by atoms with E-state index in [0.29, 0.717) is 6.54 Å². The van der Waals surface area contributed by atoms with Crippen LogP contribution in [-0.4, -0.2) is 32.6 Å². The highest BCUT2D eigenvalue weighted by atomic mass is 19.1. The van der Waals surface area contributed by atoms with Crippen LogP contribution in [0.4, 0.5) is 4.39 Å². The maximum Gasteiger partial charge on any atom is 0.226 e. The second kappa shape index (κ2) is 5.78. The van der Waals surface area contributed by atoms with Crippen molar-refractivity contribution in [1.82, 2.24) is 19.7 Å². The quantitative estimate of drug-likeness (QED) is 0.804. The molecule has 1 N–H and O–H groups in total. The summed E-state index contributed by atoms with van der Waals surface area (Å²) in [6.07, 6.45) is 3.34. The number of nitrogens with zero attached hydrogens (tertiary/aromatic N) is 3. The summed E-state index contributed by atoms with van der Waals surface area (Å²) in [5, 5.41) is 5.08.